The molecular weight excluding hydrogens is 276 g/mol. The maximum Gasteiger partial charge on any atom is 0.0797 e. The first-order valence-electron chi connectivity index (χ1n) is 6.52. The molecule has 2 nitrogen and oxygen atoms in total. The number of nitrogens with two attached hydrogens (primary N) is 1. The molecule has 0 bridgehead atoms. The van der Waals surface area contributed by atoms with Gasteiger partial charge in [0, 0.05) is 9.90 Å². The van der Waals surface area contributed by atoms with Crippen LogP contribution in [-0.2, 0) is 12.8 Å². The SMILES string of the molecule is Cc1ncsc1CCC(CN)Cc1cccc(Cl)c1. The van der Waals surface area contributed by atoms with Gasteiger partial charge in [-0.3, -0.25) is 0 Å². The molecule has 1 aromatic heterocycles. The van der Waals surface area contributed by atoms with Gasteiger partial charge in [0.05, 0.1) is 11.2 Å². The van der Waals surface area contributed by atoms with E-state index in [-0.39, 0.29) is 0 Å². The number of hydrogen-bond donors (Lipinski definition) is 1. The zero-order chi connectivity index (χ0) is 13.7. The number of aromatic nitrogens is 1. The average Bonchev–Trinajstić information content (AvgIpc) is 2.80. The predicted molar refractivity (Wildman–Crippen MR) is 82.9 cm³/mol. The monoisotopic (exact) mass is 294 g/mol. The number of rotatable bonds is 6. The Morgan fingerprint density at radius 1 is 1.42 bits per heavy atom. The highest BCUT2D eigenvalue weighted by molar-refractivity contribution is 7.09. The molecule has 0 spiro atoms. The smallest absolute Gasteiger partial charge is 0.0797 e. The number of hydrogen-bond acceptors (Lipinski definition) is 3. The molecule has 0 saturated carbocycles. The minimum Gasteiger partial charge on any atom is -0.330 e. The van der Waals surface area contributed by atoms with E-state index in [1.54, 1.807) is 11.3 Å². The summed E-state index contributed by atoms with van der Waals surface area (Å²) in [4.78, 5) is 5.67. The second kappa shape index (κ2) is 7.04. The summed E-state index contributed by atoms with van der Waals surface area (Å²) in [7, 11) is 0. The van der Waals surface area contributed by atoms with Crippen molar-refractivity contribution in [1.82, 2.24) is 4.98 Å². The lowest BCUT2D eigenvalue weighted by Crippen LogP contribution is -2.17. The van der Waals surface area contributed by atoms with E-state index in [2.05, 4.69) is 18.0 Å². The zero-order valence-electron chi connectivity index (χ0n) is 11.1. The van der Waals surface area contributed by atoms with Gasteiger partial charge in [-0.25, -0.2) is 4.98 Å². The highest BCUT2D eigenvalue weighted by Crippen LogP contribution is 2.20. The van der Waals surface area contributed by atoms with Gasteiger partial charge in [0.15, 0.2) is 0 Å². The summed E-state index contributed by atoms with van der Waals surface area (Å²) in [5.41, 5.74) is 10.2. The van der Waals surface area contributed by atoms with Gasteiger partial charge >= 0.3 is 0 Å². The van der Waals surface area contributed by atoms with E-state index < -0.39 is 0 Å². The summed E-state index contributed by atoms with van der Waals surface area (Å²) >= 11 is 7.75. The third kappa shape index (κ3) is 4.30. The van der Waals surface area contributed by atoms with E-state index in [4.69, 9.17) is 17.3 Å². The first-order chi connectivity index (χ1) is 9.19. The van der Waals surface area contributed by atoms with Gasteiger partial charge in [-0.05, 0) is 56.3 Å². The van der Waals surface area contributed by atoms with Crippen molar-refractivity contribution in [3.8, 4) is 0 Å². The molecule has 0 saturated heterocycles. The maximum atomic E-state index is 6.01. The van der Waals surface area contributed by atoms with E-state index in [1.807, 2.05) is 23.7 Å². The van der Waals surface area contributed by atoms with E-state index >= 15 is 0 Å². The molecular formula is C15H19ClN2S. The van der Waals surface area contributed by atoms with Crippen LogP contribution in [0.5, 0.6) is 0 Å². The zero-order valence-corrected chi connectivity index (χ0v) is 12.7. The Labute approximate surface area is 123 Å². The van der Waals surface area contributed by atoms with Gasteiger partial charge in [0.25, 0.3) is 0 Å². The van der Waals surface area contributed by atoms with E-state index in [9.17, 15) is 0 Å². The van der Waals surface area contributed by atoms with Crippen LogP contribution in [0.1, 0.15) is 22.6 Å². The fourth-order valence-electron chi connectivity index (χ4n) is 2.20. The van der Waals surface area contributed by atoms with Crippen molar-refractivity contribution in [2.75, 3.05) is 6.54 Å². The van der Waals surface area contributed by atoms with Crippen molar-refractivity contribution >= 4 is 22.9 Å². The van der Waals surface area contributed by atoms with Crippen LogP contribution in [0.4, 0.5) is 0 Å². The molecule has 102 valence electrons. The number of halogens is 1. The topological polar surface area (TPSA) is 38.9 Å². The fraction of sp³-hybridized carbons (Fsp3) is 0.400. The van der Waals surface area contributed by atoms with Crippen LogP contribution in [-0.4, -0.2) is 11.5 Å². The predicted octanol–water partition coefficient (Wildman–Crippen LogP) is 3.86. The van der Waals surface area contributed by atoms with Crippen molar-refractivity contribution in [2.24, 2.45) is 11.7 Å². The molecule has 0 radical (unpaired) electrons. The third-order valence-electron chi connectivity index (χ3n) is 3.37. The summed E-state index contributed by atoms with van der Waals surface area (Å²) in [6.45, 7) is 2.78. The molecule has 19 heavy (non-hydrogen) atoms. The molecule has 0 fully saturated rings. The van der Waals surface area contributed by atoms with Crippen LogP contribution in [0.3, 0.4) is 0 Å². The Morgan fingerprint density at radius 3 is 2.89 bits per heavy atom. The molecule has 0 amide bonds. The Morgan fingerprint density at radius 2 is 2.26 bits per heavy atom. The summed E-state index contributed by atoms with van der Waals surface area (Å²) in [5.74, 6) is 0.500. The quantitative estimate of drug-likeness (QED) is 0.879. The summed E-state index contributed by atoms with van der Waals surface area (Å²) in [5, 5.41) is 0.798. The average molecular weight is 295 g/mol. The highest BCUT2D eigenvalue weighted by atomic mass is 35.5. The number of aryl methyl sites for hydroxylation is 2. The van der Waals surface area contributed by atoms with E-state index in [1.165, 1.54) is 10.4 Å². The second-order valence-corrected chi connectivity index (χ2v) is 6.21. The molecule has 2 aromatic rings. The van der Waals surface area contributed by atoms with Gasteiger partial charge in [-0.15, -0.1) is 11.3 Å². The Hall–Kier alpha value is -0.900. The number of benzene rings is 1. The number of thiazole rings is 1. The van der Waals surface area contributed by atoms with Gasteiger partial charge in [-0.1, -0.05) is 23.7 Å². The lowest BCUT2D eigenvalue weighted by Gasteiger charge is -2.14. The Bertz CT molecular complexity index is 524. The van der Waals surface area contributed by atoms with Crippen LogP contribution in [0.25, 0.3) is 0 Å². The van der Waals surface area contributed by atoms with E-state index in [0.29, 0.717) is 12.5 Å². The van der Waals surface area contributed by atoms with Crippen LogP contribution < -0.4 is 5.73 Å². The van der Waals surface area contributed by atoms with Crippen molar-refractivity contribution in [3.63, 3.8) is 0 Å². The summed E-state index contributed by atoms with van der Waals surface area (Å²) < 4.78 is 0. The first-order valence-corrected chi connectivity index (χ1v) is 7.78. The van der Waals surface area contributed by atoms with Crippen LogP contribution in [0.2, 0.25) is 5.02 Å². The molecule has 0 aliphatic carbocycles. The van der Waals surface area contributed by atoms with Crippen LogP contribution in [0, 0.1) is 12.8 Å². The molecule has 2 N–H and O–H groups in total. The highest BCUT2D eigenvalue weighted by Gasteiger charge is 2.10. The molecule has 0 aliphatic rings. The van der Waals surface area contributed by atoms with Crippen molar-refractivity contribution in [3.05, 3.63) is 50.9 Å². The molecule has 4 heteroatoms. The second-order valence-electron chi connectivity index (χ2n) is 4.84. The molecule has 1 heterocycles. The fourth-order valence-corrected chi connectivity index (χ4v) is 3.21. The normalized spacial score (nSPS) is 12.6. The lowest BCUT2D eigenvalue weighted by molar-refractivity contribution is 0.495. The Balaban J connectivity index is 1.92. The maximum absolute atomic E-state index is 6.01. The lowest BCUT2D eigenvalue weighted by atomic mass is 9.94. The van der Waals surface area contributed by atoms with Crippen LogP contribution in [0.15, 0.2) is 29.8 Å². The molecule has 1 unspecified atom stereocenters. The first kappa shape index (κ1) is 14.5. The standard InChI is InChI=1S/C15H19ClN2S/c1-11-15(19-10-18-11)6-5-13(9-17)7-12-3-2-4-14(16)8-12/h2-4,8,10,13H,5-7,9,17H2,1H3. The summed E-state index contributed by atoms with van der Waals surface area (Å²) in [6, 6.07) is 8.05. The molecule has 1 atom stereocenters. The van der Waals surface area contributed by atoms with Gasteiger partial charge < -0.3 is 5.73 Å². The molecule has 0 aliphatic heterocycles. The van der Waals surface area contributed by atoms with Gasteiger partial charge in [0.2, 0.25) is 0 Å². The molecule has 2 rings (SSSR count). The summed E-state index contributed by atoms with van der Waals surface area (Å²) in [6.07, 6.45) is 3.17. The van der Waals surface area contributed by atoms with Gasteiger partial charge in [-0.2, -0.15) is 0 Å². The Kier molecular flexibility index (Phi) is 5.37. The molecule has 1 aromatic carbocycles. The third-order valence-corrected chi connectivity index (χ3v) is 4.60. The van der Waals surface area contributed by atoms with Crippen LogP contribution >= 0.6 is 22.9 Å². The van der Waals surface area contributed by atoms with Gasteiger partial charge in [0.1, 0.15) is 0 Å². The van der Waals surface area contributed by atoms with Crippen molar-refractivity contribution in [1.29, 1.82) is 0 Å². The van der Waals surface area contributed by atoms with Crippen molar-refractivity contribution in [2.45, 2.75) is 26.2 Å². The minimum atomic E-state index is 0.500. The van der Waals surface area contributed by atoms with E-state index in [0.717, 1.165) is 30.0 Å². The largest absolute Gasteiger partial charge is 0.330 e. The van der Waals surface area contributed by atoms with Crippen molar-refractivity contribution < 1.29 is 0 Å². The minimum absolute atomic E-state index is 0.500. The number of nitrogens with zero attached hydrogens (tertiary/aromatic N) is 1.